The van der Waals surface area contributed by atoms with Gasteiger partial charge in [0.15, 0.2) is 0 Å². The third-order valence-corrected chi connectivity index (χ3v) is 3.22. The molecule has 0 saturated carbocycles. The molecule has 1 aromatic heterocycles. The quantitative estimate of drug-likeness (QED) is 0.714. The van der Waals surface area contributed by atoms with Gasteiger partial charge in [-0.2, -0.15) is 5.10 Å². The molecule has 92 valence electrons. The summed E-state index contributed by atoms with van der Waals surface area (Å²) in [6.07, 6.45) is 7.88. The van der Waals surface area contributed by atoms with Gasteiger partial charge in [-0.15, -0.1) is 0 Å². The zero-order valence-electron chi connectivity index (χ0n) is 10.7. The molecule has 0 aromatic carbocycles. The molecular formula is C12H24N4. The van der Waals surface area contributed by atoms with Crippen LogP contribution in [0.25, 0.3) is 0 Å². The lowest BCUT2D eigenvalue weighted by Crippen LogP contribution is -2.21. The first kappa shape index (κ1) is 13.2. The second-order valence-corrected chi connectivity index (χ2v) is 4.36. The molecule has 0 aliphatic carbocycles. The Hall–Kier alpha value is -0.900. The molecule has 1 heterocycles. The summed E-state index contributed by atoms with van der Waals surface area (Å²) in [5, 5.41) is 10.2. The van der Waals surface area contributed by atoms with Gasteiger partial charge in [0.2, 0.25) is 0 Å². The molecule has 0 spiro atoms. The van der Waals surface area contributed by atoms with Crippen LogP contribution in [0.5, 0.6) is 0 Å². The van der Waals surface area contributed by atoms with Crippen LogP contribution in [0.15, 0.2) is 6.33 Å². The van der Waals surface area contributed by atoms with Crippen molar-refractivity contribution < 1.29 is 0 Å². The third kappa shape index (κ3) is 3.93. The second-order valence-electron chi connectivity index (χ2n) is 4.36. The van der Waals surface area contributed by atoms with E-state index in [2.05, 4.69) is 34.3 Å². The number of nitrogens with one attached hydrogen (secondary N) is 2. The maximum absolute atomic E-state index is 4.23. The number of H-pyrrole nitrogens is 1. The number of hydrogen-bond donors (Lipinski definition) is 2. The zero-order valence-corrected chi connectivity index (χ0v) is 10.7. The van der Waals surface area contributed by atoms with E-state index in [-0.39, 0.29) is 0 Å². The molecule has 0 aliphatic rings. The lowest BCUT2D eigenvalue weighted by atomic mass is 9.92. The summed E-state index contributed by atoms with van der Waals surface area (Å²) >= 11 is 0. The number of unbranched alkanes of at least 4 members (excludes halogenated alkanes) is 1. The van der Waals surface area contributed by atoms with Crippen LogP contribution in [-0.2, 0) is 0 Å². The van der Waals surface area contributed by atoms with Crippen LogP contribution < -0.4 is 5.32 Å². The van der Waals surface area contributed by atoms with Gasteiger partial charge in [-0.05, 0) is 19.4 Å². The minimum Gasteiger partial charge on any atom is -0.310 e. The highest BCUT2D eigenvalue weighted by molar-refractivity contribution is 4.91. The summed E-state index contributed by atoms with van der Waals surface area (Å²) in [6, 6.07) is 0.310. The average Bonchev–Trinajstić information content (AvgIpc) is 2.83. The van der Waals surface area contributed by atoms with Crippen molar-refractivity contribution in [2.24, 2.45) is 5.92 Å². The molecule has 0 bridgehead atoms. The Morgan fingerprint density at radius 1 is 1.44 bits per heavy atom. The van der Waals surface area contributed by atoms with Crippen LogP contribution in [0.3, 0.4) is 0 Å². The molecule has 4 heteroatoms. The van der Waals surface area contributed by atoms with E-state index in [0.29, 0.717) is 6.04 Å². The molecule has 0 saturated heterocycles. The van der Waals surface area contributed by atoms with E-state index in [9.17, 15) is 0 Å². The lowest BCUT2D eigenvalue weighted by molar-refractivity contribution is 0.357. The van der Waals surface area contributed by atoms with E-state index >= 15 is 0 Å². The molecular weight excluding hydrogens is 200 g/mol. The summed E-state index contributed by atoms with van der Waals surface area (Å²) in [4.78, 5) is 4.23. The van der Waals surface area contributed by atoms with Crippen molar-refractivity contribution in [3.05, 3.63) is 12.2 Å². The Morgan fingerprint density at radius 2 is 2.25 bits per heavy atom. The fraction of sp³-hybridized carbons (Fsp3) is 0.833. The van der Waals surface area contributed by atoms with E-state index < -0.39 is 0 Å². The van der Waals surface area contributed by atoms with Gasteiger partial charge in [-0.3, -0.25) is 5.10 Å². The predicted octanol–water partition coefficient (Wildman–Crippen LogP) is 2.67. The molecule has 1 rings (SSSR count). The van der Waals surface area contributed by atoms with E-state index in [1.165, 1.54) is 25.7 Å². The predicted molar refractivity (Wildman–Crippen MR) is 66.1 cm³/mol. The maximum Gasteiger partial charge on any atom is 0.141 e. The van der Waals surface area contributed by atoms with E-state index in [1.807, 2.05) is 7.05 Å². The first-order chi connectivity index (χ1) is 7.81. The maximum atomic E-state index is 4.23. The standard InChI is InChI=1S/C12H24N4/c1-4-6-7-10(5-2)8-11(13-3)12-14-9-15-16-12/h9-11,13H,4-8H2,1-3H3,(H,14,15,16). The Labute approximate surface area is 98.2 Å². The lowest BCUT2D eigenvalue weighted by Gasteiger charge is -2.20. The first-order valence-corrected chi connectivity index (χ1v) is 6.34. The molecule has 0 radical (unpaired) electrons. The first-order valence-electron chi connectivity index (χ1n) is 6.34. The van der Waals surface area contributed by atoms with Crippen molar-refractivity contribution in [2.75, 3.05) is 7.05 Å². The fourth-order valence-electron chi connectivity index (χ4n) is 2.06. The van der Waals surface area contributed by atoms with Crippen LogP contribution in [0.4, 0.5) is 0 Å². The topological polar surface area (TPSA) is 53.6 Å². The molecule has 16 heavy (non-hydrogen) atoms. The highest BCUT2D eigenvalue weighted by Gasteiger charge is 2.17. The highest BCUT2D eigenvalue weighted by atomic mass is 15.2. The van der Waals surface area contributed by atoms with E-state index in [1.54, 1.807) is 6.33 Å². The average molecular weight is 224 g/mol. The molecule has 0 fully saturated rings. The van der Waals surface area contributed by atoms with Crippen molar-refractivity contribution in [3.8, 4) is 0 Å². The van der Waals surface area contributed by atoms with Crippen molar-refractivity contribution in [3.63, 3.8) is 0 Å². The third-order valence-electron chi connectivity index (χ3n) is 3.22. The van der Waals surface area contributed by atoms with Crippen molar-refractivity contribution in [1.29, 1.82) is 0 Å². The molecule has 0 aliphatic heterocycles. The van der Waals surface area contributed by atoms with Gasteiger partial charge >= 0.3 is 0 Å². The molecule has 2 atom stereocenters. The van der Waals surface area contributed by atoms with E-state index in [0.717, 1.165) is 18.2 Å². The monoisotopic (exact) mass is 224 g/mol. The SMILES string of the molecule is CCCCC(CC)CC(NC)c1ncn[nH]1. The Balaban J connectivity index is 2.47. The number of aromatic amines is 1. The molecule has 1 aromatic rings. The summed E-state index contributed by atoms with van der Waals surface area (Å²) in [6.45, 7) is 4.52. The van der Waals surface area contributed by atoms with Crippen molar-refractivity contribution >= 4 is 0 Å². The van der Waals surface area contributed by atoms with Gasteiger partial charge in [-0.25, -0.2) is 4.98 Å². The Bertz CT molecular complexity index is 258. The minimum absolute atomic E-state index is 0.310. The van der Waals surface area contributed by atoms with Gasteiger partial charge in [0, 0.05) is 0 Å². The molecule has 0 amide bonds. The van der Waals surface area contributed by atoms with Crippen LogP contribution in [-0.4, -0.2) is 22.2 Å². The summed E-state index contributed by atoms with van der Waals surface area (Å²) < 4.78 is 0. The summed E-state index contributed by atoms with van der Waals surface area (Å²) in [5.41, 5.74) is 0. The highest BCUT2D eigenvalue weighted by Crippen LogP contribution is 2.24. The number of hydrogen-bond acceptors (Lipinski definition) is 3. The molecule has 2 N–H and O–H groups in total. The number of aromatic nitrogens is 3. The van der Waals surface area contributed by atoms with Gasteiger partial charge < -0.3 is 5.32 Å². The van der Waals surface area contributed by atoms with Gasteiger partial charge in [0.1, 0.15) is 12.2 Å². The van der Waals surface area contributed by atoms with Crippen LogP contribution in [0, 0.1) is 5.92 Å². The normalized spacial score (nSPS) is 14.9. The molecule has 2 unspecified atom stereocenters. The van der Waals surface area contributed by atoms with Crippen LogP contribution in [0.1, 0.15) is 57.8 Å². The smallest absolute Gasteiger partial charge is 0.141 e. The van der Waals surface area contributed by atoms with E-state index in [4.69, 9.17) is 0 Å². The van der Waals surface area contributed by atoms with Crippen molar-refractivity contribution in [2.45, 2.75) is 52.0 Å². The van der Waals surface area contributed by atoms with Gasteiger partial charge in [0.05, 0.1) is 6.04 Å². The van der Waals surface area contributed by atoms with Crippen molar-refractivity contribution in [1.82, 2.24) is 20.5 Å². The number of rotatable bonds is 8. The summed E-state index contributed by atoms with van der Waals surface area (Å²) in [5.74, 6) is 1.74. The fourth-order valence-corrected chi connectivity index (χ4v) is 2.06. The summed E-state index contributed by atoms with van der Waals surface area (Å²) in [7, 11) is 1.99. The Kier molecular flexibility index (Phi) is 6.08. The van der Waals surface area contributed by atoms with Crippen LogP contribution in [0.2, 0.25) is 0 Å². The second kappa shape index (κ2) is 7.39. The largest absolute Gasteiger partial charge is 0.310 e. The van der Waals surface area contributed by atoms with Crippen LogP contribution >= 0.6 is 0 Å². The minimum atomic E-state index is 0.310. The number of nitrogens with zero attached hydrogens (tertiary/aromatic N) is 2. The Morgan fingerprint density at radius 3 is 2.75 bits per heavy atom. The van der Waals surface area contributed by atoms with Gasteiger partial charge in [-0.1, -0.05) is 39.5 Å². The zero-order chi connectivity index (χ0) is 11.8. The van der Waals surface area contributed by atoms with Gasteiger partial charge in [0.25, 0.3) is 0 Å². The molecule has 4 nitrogen and oxygen atoms in total.